The van der Waals surface area contributed by atoms with E-state index in [1.165, 1.54) is 0 Å². The maximum atomic E-state index is 13.0. The van der Waals surface area contributed by atoms with Crippen molar-refractivity contribution in [3.63, 3.8) is 0 Å². The molecule has 1 aliphatic heterocycles. The number of carboxylic acid groups (broad SMARTS) is 1. The first-order valence-electron chi connectivity index (χ1n) is 10.0. The molecule has 5 rings (SSSR count). The van der Waals surface area contributed by atoms with Gasteiger partial charge in [-0.2, -0.15) is 23.4 Å². The second kappa shape index (κ2) is 8.92. The van der Waals surface area contributed by atoms with E-state index in [0.29, 0.717) is 25.1 Å². The third kappa shape index (κ3) is 4.58. The van der Waals surface area contributed by atoms with Crippen LogP contribution in [0.15, 0.2) is 48.9 Å². The molecule has 176 valence electrons. The van der Waals surface area contributed by atoms with Crippen LogP contribution in [0.25, 0.3) is 16.9 Å². The molecule has 34 heavy (non-hydrogen) atoms. The van der Waals surface area contributed by atoms with Gasteiger partial charge in [0.2, 0.25) is 0 Å². The van der Waals surface area contributed by atoms with Crippen molar-refractivity contribution in [1.29, 1.82) is 0 Å². The molecule has 13 heteroatoms. The molecule has 0 radical (unpaired) electrons. The van der Waals surface area contributed by atoms with E-state index in [9.17, 15) is 18.0 Å². The van der Waals surface area contributed by atoms with Crippen LogP contribution in [0.5, 0.6) is 0 Å². The van der Waals surface area contributed by atoms with Gasteiger partial charge in [-0.25, -0.2) is 14.3 Å². The number of aromatic nitrogens is 6. The number of rotatable bonds is 4. The SMILES string of the molecule is Cn1nccc1-c1ccnc2c1C(=O)N(CCc1nc3ccccn3n1)C2.O=C(O)C(F)(F)F. The van der Waals surface area contributed by atoms with Gasteiger partial charge in [0, 0.05) is 44.2 Å². The van der Waals surface area contributed by atoms with Gasteiger partial charge in [-0.05, 0) is 24.3 Å². The van der Waals surface area contributed by atoms with Gasteiger partial charge in [0.05, 0.1) is 23.5 Å². The Labute approximate surface area is 190 Å². The molecule has 0 aliphatic carbocycles. The number of aryl methyl sites for hydroxylation is 1. The summed E-state index contributed by atoms with van der Waals surface area (Å²) in [6, 6.07) is 9.54. The largest absolute Gasteiger partial charge is 0.490 e. The first-order chi connectivity index (χ1) is 16.1. The number of nitrogens with zero attached hydrogens (tertiary/aromatic N) is 7. The Hall–Kier alpha value is -4.29. The molecule has 1 amide bonds. The quantitative estimate of drug-likeness (QED) is 0.483. The normalized spacial score (nSPS) is 13.1. The van der Waals surface area contributed by atoms with Crippen LogP contribution in [0.3, 0.4) is 0 Å². The van der Waals surface area contributed by atoms with Crippen LogP contribution >= 0.6 is 0 Å². The highest BCUT2D eigenvalue weighted by Crippen LogP contribution is 2.31. The topological polar surface area (TPSA) is 119 Å². The first kappa shape index (κ1) is 22.9. The maximum absolute atomic E-state index is 13.0. The highest BCUT2D eigenvalue weighted by atomic mass is 19.4. The lowest BCUT2D eigenvalue weighted by atomic mass is 10.1. The van der Waals surface area contributed by atoms with Crippen LogP contribution in [-0.2, 0) is 24.8 Å². The van der Waals surface area contributed by atoms with Crippen molar-refractivity contribution in [3.05, 3.63) is 66.0 Å². The molecule has 10 nitrogen and oxygen atoms in total. The number of carbonyl (C=O) groups is 2. The lowest BCUT2D eigenvalue weighted by molar-refractivity contribution is -0.192. The third-order valence-electron chi connectivity index (χ3n) is 5.10. The van der Waals surface area contributed by atoms with Crippen molar-refractivity contribution in [1.82, 2.24) is 34.3 Å². The van der Waals surface area contributed by atoms with E-state index < -0.39 is 12.1 Å². The van der Waals surface area contributed by atoms with Crippen LogP contribution in [0.4, 0.5) is 13.2 Å². The first-order valence-corrected chi connectivity index (χ1v) is 10.0. The number of fused-ring (bicyclic) bond motifs is 2. The Morgan fingerprint density at radius 1 is 1.18 bits per heavy atom. The molecule has 4 aromatic rings. The minimum Gasteiger partial charge on any atom is -0.475 e. The van der Waals surface area contributed by atoms with Crippen molar-refractivity contribution in [3.8, 4) is 11.3 Å². The summed E-state index contributed by atoms with van der Waals surface area (Å²) < 4.78 is 35.3. The zero-order valence-corrected chi connectivity index (χ0v) is 17.8. The van der Waals surface area contributed by atoms with Gasteiger partial charge >= 0.3 is 12.1 Å². The highest BCUT2D eigenvalue weighted by Gasteiger charge is 2.38. The molecular weight excluding hydrogens is 455 g/mol. The maximum Gasteiger partial charge on any atom is 0.490 e. The van der Waals surface area contributed by atoms with E-state index in [2.05, 4.69) is 20.2 Å². The van der Waals surface area contributed by atoms with E-state index in [0.717, 1.165) is 28.4 Å². The Morgan fingerprint density at radius 3 is 2.59 bits per heavy atom. The third-order valence-corrected chi connectivity index (χ3v) is 5.10. The molecule has 4 aromatic heterocycles. The molecule has 1 aliphatic rings. The number of halogens is 3. The smallest absolute Gasteiger partial charge is 0.475 e. The van der Waals surface area contributed by atoms with Gasteiger partial charge in [-0.3, -0.25) is 14.5 Å². The predicted molar refractivity (Wildman–Crippen MR) is 112 cm³/mol. The number of aliphatic carboxylic acids is 1. The fraction of sp³-hybridized carbons (Fsp3) is 0.238. The molecule has 0 saturated carbocycles. The molecule has 0 fully saturated rings. The summed E-state index contributed by atoms with van der Waals surface area (Å²) in [5.41, 5.74) is 4.07. The minimum absolute atomic E-state index is 0.00179. The van der Waals surface area contributed by atoms with E-state index in [-0.39, 0.29) is 5.91 Å². The van der Waals surface area contributed by atoms with Crippen LogP contribution in [-0.4, -0.2) is 64.0 Å². The van der Waals surface area contributed by atoms with Gasteiger partial charge in [-0.1, -0.05) is 6.07 Å². The zero-order valence-electron chi connectivity index (χ0n) is 17.8. The van der Waals surface area contributed by atoms with E-state index in [1.807, 2.05) is 48.5 Å². The molecule has 1 N–H and O–H groups in total. The number of hydrogen-bond donors (Lipinski definition) is 1. The van der Waals surface area contributed by atoms with Crippen molar-refractivity contribution in [2.24, 2.45) is 7.05 Å². The molecule has 0 spiro atoms. The Balaban J connectivity index is 0.000000344. The number of amides is 1. The van der Waals surface area contributed by atoms with Crippen LogP contribution in [0, 0.1) is 0 Å². The van der Waals surface area contributed by atoms with E-state index in [4.69, 9.17) is 9.90 Å². The van der Waals surface area contributed by atoms with Gasteiger partial charge in [0.25, 0.3) is 5.91 Å². The molecular formula is C21H18F3N7O3. The van der Waals surface area contributed by atoms with Gasteiger partial charge in [-0.15, -0.1) is 0 Å². The lowest BCUT2D eigenvalue weighted by Crippen LogP contribution is -2.26. The number of hydrogen-bond acceptors (Lipinski definition) is 6. The molecule has 0 aromatic carbocycles. The second-order valence-electron chi connectivity index (χ2n) is 7.33. The summed E-state index contributed by atoms with van der Waals surface area (Å²) in [5.74, 6) is -2.03. The van der Waals surface area contributed by atoms with Crippen LogP contribution in [0.1, 0.15) is 21.9 Å². The van der Waals surface area contributed by atoms with E-state index in [1.54, 1.807) is 21.6 Å². The molecule has 0 unspecified atom stereocenters. The molecule has 0 bridgehead atoms. The molecule has 5 heterocycles. The number of pyridine rings is 2. The minimum atomic E-state index is -5.08. The standard InChI is InChI=1S/C19H17N7O.C2HF3O2/c1-24-15(6-9-21-24)13-5-8-20-14-12-25(19(27)18(13)14)11-7-16-22-17-4-2-3-10-26(17)23-16;3-2(4,5)1(6)7/h2-6,8-10H,7,11-12H2,1H3;(H,6,7). The number of carboxylic acids is 1. The van der Waals surface area contributed by atoms with E-state index >= 15 is 0 Å². The second-order valence-corrected chi connectivity index (χ2v) is 7.33. The highest BCUT2D eigenvalue weighted by molar-refractivity contribution is 6.03. The fourth-order valence-electron chi connectivity index (χ4n) is 3.52. The van der Waals surface area contributed by atoms with Crippen molar-refractivity contribution in [2.45, 2.75) is 19.1 Å². The van der Waals surface area contributed by atoms with Crippen molar-refractivity contribution < 1.29 is 27.9 Å². The van der Waals surface area contributed by atoms with Gasteiger partial charge in [0.15, 0.2) is 11.5 Å². The fourth-order valence-corrected chi connectivity index (χ4v) is 3.52. The Morgan fingerprint density at radius 2 is 1.94 bits per heavy atom. The Bertz CT molecular complexity index is 1330. The number of alkyl halides is 3. The predicted octanol–water partition coefficient (Wildman–Crippen LogP) is 2.36. The summed E-state index contributed by atoms with van der Waals surface area (Å²) in [6.07, 6.45) is 0.866. The molecule has 0 saturated heterocycles. The summed E-state index contributed by atoms with van der Waals surface area (Å²) in [4.78, 5) is 32.7. The summed E-state index contributed by atoms with van der Waals surface area (Å²) in [6.45, 7) is 1.06. The molecule has 0 atom stereocenters. The van der Waals surface area contributed by atoms with Crippen LogP contribution < -0.4 is 0 Å². The lowest BCUT2D eigenvalue weighted by Gasteiger charge is -2.14. The Kier molecular flexibility index (Phi) is 6.01. The summed E-state index contributed by atoms with van der Waals surface area (Å²) >= 11 is 0. The monoisotopic (exact) mass is 473 g/mol. The summed E-state index contributed by atoms with van der Waals surface area (Å²) in [7, 11) is 1.87. The van der Waals surface area contributed by atoms with Gasteiger partial charge < -0.3 is 10.0 Å². The van der Waals surface area contributed by atoms with Crippen molar-refractivity contribution >= 4 is 17.5 Å². The summed E-state index contributed by atoms with van der Waals surface area (Å²) in [5, 5.41) is 15.8. The van der Waals surface area contributed by atoms with Gasteiger partial charge in [0.1, 0.15) is 0 Å². The number of carbonyl (C=O) groups excluding carboxylic acids is 1. The zero-order chi connectivity index (χ0) is 24.5. The average molecular weight is 473 g/mol. The van der Waals surface area contributed by atoms with Crippen molar-refractivity contribution in [2.75, 3.05) is 6.54 Å². The average Bonchev–Trinajstić information content (AvgIpc) is 3.48. The van der Waals surface area contributed by atoms with Crippen LogP contribution in [0.2, 0.25) is 0 Å².